The Balaban J connectivity index is 3.94. The number of esters is 1. The maximum atomic E-state index is 12.3. The van der Waals surface area contributed by atoms with E-state index in [1.165, 1.54) is 32.1 Å². The monoisotopic (exact) mass is 850 g/mol. The summed E-state index contributed by atoms with van der Waals surface area (Å²) in [6, 6.07) is -1.56. The van der Waals surface area contributed by atoms with Gasteiger partial charge in [0.2, 0.25) is 5.91 Å². The van der Waals surface area contributed by atoms with Gasteiger partial charge in [0.1, 0.15) is 12.7 Å². The lowest BCUT2D eigenvalue weighted by molar-refractivity contribution is -0.147. The third-order valence-corrected chi connectivity index (χ3v) is 10.2. The summed E-state index contributed by atoms with van der Waals surface area (Å²) in [6.45, 7) is 2.43. The maximum absolute atomic E-state index is 12.3. The van der Waals surface area contributed by atoms with Crippen LogP contribution in [0.3, 0.4) is 0 Å². The Kier molecular flexibility index (Phi) is 39.5. The van der Waals surface area contributed by atoms with Crippen LogP contribution in [-0.2, 0) is 32.7 Å². The molecule has 0 bridgehead atoms. The number of hydrogen-bond donors (Lipinski definition) is 4. The average molecular weight is 850 g/mol. The lowest BCUT2D eigenvalue weighted by atomic mass is 10.1. The van der Waals surface area contributed by atoms with Crippen LogP contribution in [-0.4, -0.2) is 64.9 Å². The van der Waals surface area contributed by atoms with Gasteiger partial charge in [0.05, 0.1) is 13.2 Å². The topological polar surface area (TPSA) is 169 Å². The van der Waals surface area contributed by atoms with E-state index in [9.17, 15) is 34.1 Å². The molecule has 59 heavy (non-hydrogen) atoms. The van der Waals surface area contributed by atoms with E-state index in [1.54, 1.807) is 0 Å². The predicted molar refractivity (Wildman–Crippen MR) is 240 cm³/mol. The fourth-order valence-corrected chi connectivity index (χ4v) is 6.52. The van der Waals surface area contributed by atoms with E-state index in [1.807, 2.05) is 0 Å². The van der Waals surface area contributed by atoms with Crippen molar-refractivity contribution in [3.8, 4) is 0 Å². The van der Waals surface area contributed by atoms with E-state index in [2.05, 4.69) is 92.1 Å². The zero-order valence-corrected chi connectivity index (χ0v) is 37.4. The number of amides is 1. The molecule has 338 valence electrons. The van der Waals surface area contributed by atoms with Crippen molar-refractivity contribution in [3.05, 3.63) is 72.9 Å². The first kappa shape index (κ1) is 55.9. The van der Waals surface area contributed by atoms with Crippen molar-refractivity contribution in [2.24, 2.45) is 0 Å². The Hall–Kier alpha value is -3.08. The second kappa shape index (κ2) is 41.6. The largest absolute Gasteiger partial charge is 0.480 e. The Morgan fingerprint density at radius 1 is 0.559 bits per heavy atom. The number of nitrogens with one attached hydrogen (secondary N) is 1. The molecule has 0 rings (SSSR count). The number of aliphatic hydroxyl groups excluding tert-OH is 1. The normalized spacial score (nSPS) is 14.4. The van der Waals surface area contributed by atoms with E-state index < -0.39 is 57.6 Å². The van der Waals surface area contributed by atoms with Crippen LogP contribution in [0, 0.1) is 0 Å². The first-order valence-electron chi connectivity index (χ1n) is 22.5. The number of unbranched alkanes of at least 4 members (excludes halogenated alkanes) is 15. The second-order valence-electron chi connectivity index (χ2n) is 14.9. The number of rotatable bonds is 41. The van der Waals surface area contributed by atoms with Gasteiger partial charge in [-0.2, -0.15) is 0 Å². The number of aliphatic carboxylic acids is 1. The highest BCUT2D eigenvalue weighted by Crippen LogP contribution is 2.43. The number of carboxylic acid groups (broad SMARTS) is 1. The van der Waals surface area contributed by atoms with Gasteiger partial charge in [-0.25, -0.2) is 9.36 Å². The number of phosphoric acid groups is 1. The standard InChI is InChI=1S/C47H80NO10P/c1-3-5-7-9-11-13-15-17-19-20-21-22-23-24-25-27-29-31-33-35-37-39-46(51)56-40-43(49)41-57-59(54,55)58-42-44(47(52)53)48-45(50)38-36-34-32-30-28-26-18-16-14-12-10-8-6-4-2/h5,7,11,13,16-19,21-22,24-25,43-44,49H,3-4,6,8-10,12,14-15,20,23,26-42H2,1-2H3,(H,48,50)(H,52,53)(H,54,55)/b7-5-,13-11-,18-16-,19-17-,22-21-,25-24-. The third-order valence-electron chi connectivity index (χ3n) is 9.23. The molecule has 0 saturated heterocycles. The van der Waals surface area contributed by atoms with Crippen molar-refractivity contribution in [2.75, 3.05) is 19.8 Å². The molecule has 4 N–H and O–H groups in total. The van der Waals surface area contributed by atoms with E-state index in [4.69, 9.17) is 13.8 Å². The molecule has 0 spiro atoms. The van der Waals surface area contributed by atoms with Crippen LogP contribution < -0.4 is 5.32 Å². The molecule has 11 nitrogen and oxygen atoms in total. The number of phosphoric ester groups is 1. The minimum atomic E-state index is -4.77. The molecule has 0 aromatic rings. The molecule has 0 aliphatic carbocycles. The summed E-state index contributed by atoms with van der Waals surface area (Å²) < 4.78 is 26.8. The third kappa shape index (κ3) is 41.4. The highest BCUT2D eigenvalue weighted by Gasteiger charge is 2.28. The maximum Gasteiger partial charge on any atom is 0.472 e. The van der Waals surface area contributed by atoms with E-state index in [0.717, 1.165) is 103 Å². The molecule has 3 atom stereocenters. The number of carbonyl (C=O) groups excluding carboxylic acids is 2. The van der Waals surface area contributed by atoms with Crippen LogP contribution in [0.4, 0.5) is 0 Å². The predicted octanol–water partition coefficient (Wildman–Crippen LogP) is 11.7. The molecule has 0 aliphatic heterocycles. The average Bonchev–Trinajstić information content (AvgIpc) is 3.21. The molecular weight excluding hydrogens is 769 g/mol. The number of carbonyl (C=O) groups is 3. The fraction of sp³-hybridized carbons (Fsp3) is 0.681. The van der Waals surface area contributed by atoms with Crippen LogP contribution >= 0.6 is 7.82 Å². The van der Waals surface area contributed by atoms with Crippen LogP contribution in [0.2, 0.25) is 0 Å². The second-order valence-corrected chi connectivity index (χ2v) is 16.3. The van der Waals surface area contributed by atoms with E-state index in [0.29, 0.717) is 12.8 Å². The van der Waals surface area contributed by atoms with Crippen molar-refractivity contribution >= 4 is 25.7 Å². The van der Waals surface area contributed by atoms with Crippen molar-refractivity contribution in [1.82, 2.24) is 5.32 Å². The molecule has 3 unspecified atom stereocenters. The molecule has 0 aromatic carbocycles. The zero-order valence-electron chi connectivity index (χ0n) is 36.5. The smallest absolute Gasteiger partial charge is 0.472 e. The quantitative estimate of drug-likeness (QED) is 0.0201. The number of ether oxygens (including phenoxy) is 1. The zero-order chi connectivity index (χ0) is 43.5. The van der Waals surface area contributed by atoms with Crippen LogP contribution in [0.15, 0.2) is 72.9 Å². The Morgan fingerprint density at radius 3 is 1.49 bits per heavy atom. The van der Waals surface area contributed by atoms with Crippen LogP contribution in [0.1, 0.15) is 174 Å². The van der Waals surface area contributed by atoms with Gasteiger partial charge in [-0.1, -0.05) is 151 Å². The van der Waals surface area contributed by atoms with Crippen molar-refractivity contribution in [1.29, 1.82) is 0 Å². The van der Waals surface area contributed by atoms with Crippen LogP contribution in [0.5, 0.6) is 0 Å². The minimum absolute atomic E-state index is 0.131. The summed E-state index contributed by atoms with van der Waals surface area (Å²) in [5.41, 5.74) is 0. The van der Waals surface area contributed by atoms with Crippen LogP contribution in [0.25, 0.3) is 0 Å². The number of carboxylic acids is 1. The highest BCUT2D eigenvalue weighted by molar-refractivity contribution is 7.47. The molecule has 0 aromatic heterocycles. The van der Waals surface area contributed by atoms with Gasteiger partial charge in [-0.05, 0) is 83.5 Å². The SMILES string of the molecule is CC/C=C\C/C=C\C/C=C\C/C=C\C/C=C\CCCCCCCC(=O)OCC(O)COP(=O)(O)OCC(NC(=O)CCCCCCC/C=C\CCCCCCC)C(=O)O. The molecule has 0 aliphatic rings. The highest BCUT2D eigenvalue weighted by atomic mass is 31.2. The number of hydrogen-bond acceptors (Lipinski definition) is 8. The first-order valence-corrected chi connectivity index (χ1v) is 24.0. The Labute approximate surface area is 357 Å². The van der Waals surface area contributed by atoms with Gasteiger partial charge in [-0.15, -0.1) is 0 Å². The summed E-state index contributed by atoms with van der Waals surface area (Å²) in [6.07, 6.45) is 49.2. The summed E-state index contributed by atoms with van der Waals surface area (Å²) in [5, 5.41) is 21.8. The number of allylic oxidation sites excluding steroid dienone is 12. The lowest BCUT2D eigenvalue weighted by Gasteiger charge is -2.18. The van der Waals surface area contributed by atoms with Gasteiger partial charge in [-0.3, -0.25) is 18.6 Å². The van der Waals surface area contributed by atoms with Gasteiger partial charge in [0.25, 0.3) is 0 Å². The Bertz CT molecular complexity index is 1280. The minimum Gasteiger partial charge on any atom is -0.480 e. The fourth-order valence-electron chi connectivity index (χ4n) is 5.75. The Morgan fingerprint density at radius 2 is 0.983 bits per heavy atom. The van der Waals surface area contributed by atoms with Gasteiger partial charge in [0, 0.05) is 12.8 Å². The number of aliphatic hydroxyl groups is 1. The molecule has 0 saturated carbocycles. The molecule has 0 fully saturated rings. The van der Waals surface area contributed by atoms with Crippen molar-refractivity contribution < 1.29 is 47.8 Å². The first-order chi connectivity index (χ1) is 28.6. The summed E-state index contributed by atoms with van der Waals surface area (Å²) in [5.74, 6) is -2.41. The molecule has 0 heterocycles. The molecule has 12 heteroatoms. The summed E-state index contributed by atoms with van der Waals surface area (Å²) >= 11 is 0. The van der Waals surface area contributed by atoms with Crippen molar-refractivity contribution in [3.63, 3.8) is 0 Å². The molecule has 0 radical (unpaired) electrons. The van der Waals surface area contributed by atoms with Gasteiger partial charge < -0.3 is 25.2 Å². The molecular formula is C47H80NO10P. The molecule has 1 amide bonds. The van der Waals surface area contributed by atoms with E-state index in [-0.39, 0.29) is 12.8 Å². The summed E-state index contributed by atoms with van der Waals surface area (Å²) in [7, 11) is -4.77. The van der Waals surface area contributed by atoms with Crippen molar-refractivity contribution in [2.45, 2.75) is 187 Å². The van der Waals surface area contributed by atoms with Gasteiger partial charge in [0.15, 0.2) is 6.04 Å². The lowest BCUT2D eigenvalue weighted by Crippen LogP contribution is -2.43. The summed E-state index contributed by atoms with van der Waals surface area (Å²) in [4.78, 5) is 45.9. The van der Waals surface area contributed by atoms with E-state index >= 15 is 0 Å². The van der Waals surface area contributed by atoms with Gasteiger partial charge >= 0.3 is 19.8 Å².